The van der Waals surface area contributed by atoms with Crippen LogP contribution in [-0.2, 0) is 0 Å². The summed E-state index contributed by atoms with van der Waals surface area (Å²) in [5, 5.41) is 1.06. The quantitative estimate of drug-likeness (QED) is 0.233. The van der Waals surface area contributed by atoms with Gasteiger partial charge in [0.2, 0.25) is 0 Å². The highest BCUT2D eigenvalue weighted by atomic mass is 16.3. The summed E-state index contributed by atoms with van der Waals surface area (Å²) in [5.41, 5.74) is 10.9. The van der Waals surface area contributed by atoms with Crippen LogP contribution in [0.1, 0.15) is 25.3 Å². The number of benzene rings is 5. The average Bonchev–Trinajstić information content (AvgIpc) is 3.58. The zero-order valence-corrected chi connectivity index (χ0v) is 22.0. The lowest BCUT2D eigenvalue weighted by Crippen LogP contribution is -2.03. The monoisotopic (exact) mass is 504 g/mol. The fraction of sp³-hybridized carbons (Fsp3) is 0.0833. The van der Waals surface area contributed by atoms with E-state index >= 15 is 0 Å². The number of fused-ring (bicyclic) bond motifs is 2. The summed E-state index contributed by atoms with van der Waals surface area (Å²) >= 11 is 0. The number of imidazole rings is 1. The molecule has 3 nitrogen and oxygen atoms in total. The highest BCUT2D eigenvalue weighted by molar-refractivity contribution is 5.98. The molecule has 0 atom stereocenters. The molecule has 7 aromatic rings. The van der Waals surface area contributed by atoms with Crippen LogP contribution in [-0.4, -0.2) is 9.55 Å². The number of aromatic nitrogens is 2. The average molecular weight is 505 g/mol. The lowest BCUT2D eigenvalue weighted by molar-refractivity contribution is 0.615. The molecule has 7 rings (SSSR count). The molecule has 188 valence electrons. The molecule has 39 heavy (non-hydrogen) atoms. The molecule has 0 aliphatic rings. The summed E-state index contributed by atoms with van der Waals surface area (Å²) in [7, 11) is 0. The van der Waals surface area contributed by atoms with Gasteiger partial charge in [-0.1, -0.05) is 117 Å². The largest absolute Gasteiger partial charge is 0.464 e. The molecular weight excluding hydrogens is 476 g/mol. The van der Waals surface area contributed by atoms with Crippen LogP contribution in [0.5, 0.6) is 0 Å². The van der Waals surface area contributed by atoms with E-state index in [4.69, 9.17) is 9.40 Å². The zero-order chi connectivity index (χ0) is 26.3. The van der Waals surface area contributed by atoms with Crippen molar-refractivity contribution in [1.82, 2.24) is 9.55 Å². The third-order valence-corrected chi connectivity index (χ3v) is 7.50. The molecule has 0 amide bonds. The minimum Gasteiger partial charge on any atom is -0.464 e. The molecule has 0 bridgehead atoms. The van der Waals surface area contributed by atoms with E-state index in [0.717, 1.165) is 61.3 Å². The Morgan fingerprint density at radius 3 is 1.95 bits per heavy atom. The minimum atomic E-state index is 0.429. The number of hydrogen-bond donors (Lipinski definition) is 0. The molecule has 0 radical (unpaired) electrons. The SMILES string of the molecule is CC(C)c1ccc2c(-c3nc4ccccc4n3-c3c(-c4ccccc4)cccc3-c3ccccc3)coc2c1. The van der Waals surface area contributed by atoms with Gasteiger partial charge in [-0.05, 0) is 40.8 Å². The highest BCUT2D eigenvalue weighted by Gasteiger charge is 2.23. The van der Waals surface area contributed by atoms with Gasteiger partial charge >= 0.3 is 0 Å². The van der Waals surface area contributed by atoms with Crippen LogP contribution in [0.15, 0.2) is 132 Å². The van der Waals surface area contributed by atoms with Crippen LogP contribution in [0.4, 0.5) is 0 Å². The first-order valence-corrected chi connectivity index (χ1v) is 13.4. The Morgan fingerprint density at radius 2 is 1.28 bits per heavy atom. The van der Waals surface area contributed by atoms with Crippen LogP contribution in [0, 0.1) is 0 Å². The number of rotatable bonds is 5. The van der Waals surface area contributed by atoms with Crippen LogP contribution in [0.2, 0.25) is 0 Å². The summed E-state index contributed by atoms with van der Waals surface area (Å²) in [4.78, 5) is 5.21. The molecule has 2 aromatic heterocycles. The third kappa shape index (κ3) is 3.95. The zero-order valence-electron chi connectivity index (χ0n) is 22.0. The highest BCUT2D eigenvalue weighted by Crippen LogP contribution is 2.42. The lowest BCUT2D eigenvalue weighted by Gasteiger charge is -2.19. The van der Waals surface area contributed by atoms with E-state index in [2.05, 4.69) is 134 Å². The van der Waals surface area contributed by atoms with Crippen LogP contribution in [0.3, 0.4) is 0 Å². The van der Waals surface area contributed by atoms with Gasteiger partial charge in [-0.15, -0.1) is 0 Å². The first-order chi connectivity index (χ1) is 19.2. The van der Waals surface area contributed by atoms with Crippen molar-refractivity contribution in [1.29, 1.82) is 0 Å². The lowest BCUT2D eigenvalue weighted by atomic mass is 9.95. The second-order valence-electron chi connectivity index (χ2n) is 10.3. The van der Waals surface area contributed by atoms with E-state index in [1.165, 1.54) is 5.56 Å². The van der Waals surface area contributed by atoms with Crippen LogP contribution in [0.25, 0.3) is 61.3 Å². The van der Waals surface area contributed by atoms with E-state index in [9.17, 15) is 0 Å². The second-order valence-corrected chi connectivity index (χ2v) is 10.3. The van der Waals surface area contributed by atoms with Crippen LogP contribution < -0.4 is 0 Å². The normalized spacial score (nSPS) is 11.6. The Morgan fingerprint density at radius 1 is 0.641 bits per heavy atom. The van der Waals surface area contributed by atoms with E-state index in [0.29, 0.717) is 5.92 Å². The van der Waals surface area contributed by atoms with E-state index in [1.807, 2.05) is 12.3 Å². The molecular formula is C36H28N2O. The Balaban J connectivity index is 1.59. The second kappa shape index (κ2) is 9.45. The van der Waals surface area contributed by atoms with Crippen LogP contribution >= 0.6 is 0 Å². The number of hydrogen-bond acceptors (Lipinski definition) is 2. The molecule has 0 saturated carbocycles. The molecule has 0 saturated heterocycles. The summed E-state index contributed by atoms with van der Waals surface area (Å²) in [5.74, 6) is 1.30. The van der Waals surface area contributed by atoms with Gasteiger partial charge < -0.3 is 4.42 Å². The van der Waals surface area contributed by atoms with Crippen molar-refractivity contribution in [2.75, 3.05) is 0 Å². The maximum atomic E-state index is 6.16. The van der Waals surface area contributed by atoms with Crippen molar-refractivity contribution in [3.05, 3.63) is 133 Å². The van der Waals surface area contributed by atoms with E-state index in [1.54, 1.807) is 0 Å². The summed E-state index contributed by atoms with van der Waals surface area (Å²) in [6.45, 7) is 4.41. The third-order valence-electron chi connectivity index (χ3n) is 7.50. The van der Waals surface area contributed by atoms with Gasteiger partial charge in [0.1, 0.15) is 17.7 Å². The summed E-state index contributed by atoms with van der Waals surface area (Å²) < 4.78 is 8.48. The number of para-hydroxylation sites is 3. The maximum absolute atomic E-state index is 6.16. The Kier molecular flexibility index (Phi) is 5.63. The van der Waals surface area contributed by atoms with Crippen molar-refractivity contribution < 1.29 is 4.42 Å². The standard InChI is InChI=1S/C36H28N2O/c1-24(2)27-20-21-30-31(23-39-34(30)22-27)36-37-32-18-9-10-19-33(32)38(36)35-28(25-12-5-3-6-13-25)16-11-17-29(35)26-14-7-4-8-15-26/h3-24H,1-2H3. The fourth-order valence-electron chi connectivity index (χ4n) is 5.50. The maximum Gasteiger partial charge on any atom is 0.149 e. The van der Waals surface area contributed by atoms with Gasteiger partial charge in [0.05, 0.1) is 22.3 Å². The van der Waals surface area contributed by atoms with Crippen molar-refractivity contribution in [2.45, 2.75) is 19.8 Å². The molecule has 2 heterocycles. The van der Waals surface area contributed by atoms with E-state index in [-0.39, 0.29) is 0 Å². The summed E-state index contributed by atoms with van der Waals surface area (Å²) in [6.07, 6.45) is 1.86. The first-order valence-electron chi connectivity index (χ1n) is 13.4. The molecule has 5 aromatic carbocycles. The first kappa shape index (κ1) is 23.2. The van der Waals surface area contributed by atoms with Gasteiger partial charge in [0.15, 0.2) is 0 Å². The Hall–Kier alpha value is -4.89. The predicted molar refractivity (Wildman–Crippen MR) is 161 cm³/mol. The van der Waals surface area contributed by atoms with E-state index < -0.39 is 0 Å². The smallest absolute Gasteiger partial charge is 0.149 e. The molecule has 0 aliphatic heterocycles. The predicted octanol–water partition coefficient (Wildman–Crippen LogP) is 9.90. The summed E-state index contributed by atoms with van der Waals surface area (Å²) in [6, 6.07) is 42.7. The van der Waals surface area contributed by atoms with Crippen molar-refractivity contribution in [3.63, 3.8) is 0 Å². The molecule has 0 fully saturated rings. The topological polar surface area (TPSA) is 31.0 Å². The van der Waals surface area contributed by atoms with Gasteiger partial charge in [0, 0.05) is 16.5 Å². The van der Waals surface area contributed by atoms with Gasteiger partial charge in [-0.3, -0.25) is 4.57 Å². The molecule has 0 N–H and O–H groups in total. The Bertz CT molecular complexity index is 1870. The molecule has 0 unspecified atom stereocenters. The van der Waals surface area contributed by atoms with Crippen molar-refractivity contribution in [2.24, 2.45) is 0 Å². The van der Waals surface area contributed by atoms with Crippen molar-refractivity contribution >= 4 is 22.0 Å². The molecule has 0 aliphatic carbocycles. The number of nitrogens with zero attached hydrogens (tertiary/aromatic N) is 2. The van der Waals surface area contributed by atoms with Gasteiger partial charge in [0.25, 0.3) is 0 Å². The van der Waals surface area contributed by atoms with Crippen molar-refractivity contribution in [3.8, 4) is 39.3 Å². The molecule has 0 spiro atoms. The molecule has 3 heteroatoms. The van der Waals surface area contributed by atoms with Gasteiger partial charge in [-0.25, -0.2) is 4.98 Å². The Labute approximate surface area is 228 Å². The van der Waals surface area contributed by atoms with Gasteiger partial charge in [-0.2, -0.15) is 0 Å². The minimum absolute atomic E-state index is 0.429. The fourth-order valence-corrected chi connectivity index (χ4v) is 5.50. The number of furan rings is 1.